The third-order valence-corrected chi connectivity index (χ3v) is 6.05. The summed E-state index contributed by atoms with van der Waals surface area (Å²) in [6.07, 6.45) is 4.44. The van der Waals surface area contributed by atoms with Gasteiger partial charge in [0.2, 0.25) is 0 Å². The van der Waals surface area contributed by atoms with Gasteiger partial charge in [0.1, 0.15) is 0 Å². The maximum absolute atomic E-state index is 12.4. The number of piperidine rings is 1. The number of carbonyl (C=O) groups is 2. The van der Waals surface area contributed by atoms with Gasteiger partial charge in [-0.05, 0) is 42.9 Å². The molecule has 1 heterocycles. The Morgan fingerprint density at radius 1 is 1.04 bits per heavy atom. The van der Waals surface area contributed by atoms with E-state index in [1.807, 2.05) is 6.07 Å². The Kier molecular flexibility index (Phi) is 6.98. The van der Waals surface area contributed by atoms with E-state index in [1.165, 1.54) is 11.8 Å². The van der Waals surface area contributed by atoms with Crippen LogP contribution >= 0.6 is 0 Å². The van der Waals surface area contributed by atoms with Crippen molar-refractivity contribution in [3.8, 4) is 0 Å². The van der Waals surface area contributed by atoms with Gasteiger partial charge in [-0.1, -0.05) is 42.5 Å². The van der Waals surface area contributed by atoms with Crippen LogP contribution in [0.1, 0.15) is 28.8 Å². The number of ether oxygens (including phenoxy) is 1. The topological polar surface area (TPSA) is 63.7 Å². The van der Waals surface area contributed by atoms with Gasteiger partial charge in [0.15, 0.2) is 6.61 Å². The number of rotatable bonds is 6. The molecule has 1 aliphatic heterocycles. The fraction of sp³-hybridized carbons (Fsp3) is 0.364. The van der Waals surface area contributed by atoms with Crippen LogP contribution < -0.4 is 0 Å². The van der Waals surface area contributed by atoms with Gasteiger partial charge in [-0.15, -0.1) is 0 Å². The lowest BCUT2D eigenvalue weighted by atomic mass is 9.90. The quantitative estimate of drug-likeness (QED) is 0.701. The van der Waals surface area contributed by atoms with Crippen molar-refractivity contribution in [1.29, 1.82) is 0 Å². The van der Waals surface area contributed by atoms with E-state index in [9.17, 15) is 13.8 Å². The molecule has 5 nitrogen and oxygen atoms in total. The number of nitrogens with zero attached hydrogens (tertiary/aromatic N) is 1. The van der Waals surface area contributed by atoms with Crippen molar-refractivity contribution in [3.63, 3.8) is 0 Å². The van der Waals surface area contributed by atoms with E-state index in [4.69, 9.17) is 4.74 Å². The zero-order valence-electron chi connectivity index (χ0n) is 16.0. The van der Waals surface area contributed by atoms with Crippen molar-refractivity contribution in [2.24, 2.45) is 5.92 Å². The maximum Gasteiger partial charge on any atom is 0.339 e. The van der Waals surface area contributed by atoms with Gasteiger partial charge in [0.25, 0.3) is 5.91 Å². The minimum atomic E-state index is -1.30. The second-order valence-electron chi connectivity index (χ2n) is 7.04. The van der Waals surface area contributed by atoms with Gasteiger partial charge < -0.3 is 9.64 Å². The maximum atomic E-state index is 12.4. The normalized spacial score (nSPS) is 15.8. The number of hydrogen-bond acceptors (Lipinski definition) is 4. The minimum absolute atomic E-state index is 0.179. The molecule has 0 bridgehead atoms. The van der Waals surface area contributed by atoms with Gasteiger partial charge in [-0.3, -0.25) is 9.00 Å². The highest BCUT2D eigenvalue weighted by molar-refractivity contribution is 7.84. The minimum Gasteiger partial charge on any atom is -0.452 e. The summed E-state index contributed by atoms with van der Waals surface area (Å²) in [5.74, 6) is -0.222. The highest BCUT2D eigenvalue weighted by atomic mass is 32.2. The van der Waals surface area contributed by atoms with Crippen LogP contribution in [-0.4, -0.2) is 46.9 Å². The standard InChI is InChI=1S/C22H25NO4S/c1-28(26)20-10-6-5-9-19(20)22(25)27-16-21(24)23-13-11-18(12-14-23)15-17-7-3-2-4-8-17/h2-10,18H,11-16H2,1H3/t28-/m1/s1. The molecule has 2 aromatic rings. The highest BCUT2D eigenvalue weighted by Crippen LogP contribution is 2.22. The van der Waals surface area contributed by atoms with E-state index < -0.39 is 16.8 Å². The van der Waals surface area contributed by atoms with E-state index in [2.05, 4.69) is 24.3 Å². The Morgan fingerprint density at radius 3 is 2.36 bits per heavy atom. The Morgan fingerprint density at radius 2 is 1.68 bits per heavy atom. The Hall–Kier alpha value is -2.47. The van der Waals surface area contributed by atoms with Crippen molar-refractivity contribution >= 4 is 22.7 Å². The van der Waals surface area contributed by atoms with Gasteiger partial charge >= 0.3 is 5.97 Å². The molecule has 28 heavy (non-hydrogen) atoms. The monoisotopic (exact) mass is 399 g/mol. The SMILES string of the molecule is C[S@@](=O)c1ccccc1C(=O)OCC(=O)N1CCC(Cc2ccccc2)CC1. The first kappa shape index (κ1) is 20.3. The lowest BCUT2D eigenvalue weighted by Crippen LogP contribution is -2.41. The Balaban J connectivity index is 1.47. The fourth-order valence-corrected chi connectivity index (χ4v) is 4.25. The van der Waals surface area contributed by atoms with E-state index >= 15 is 0 Å². The number of hydrogen-bond donors (Lipinski definition) is 0. The van der Waals surface area contributed by atoms with Crippen LogP contribution in [0.25, 0.3) is 0 Å². The molecular formula is C22H25NO4S. The molecule has 0 spiro atoms. The molecule has 1 fully saturated rings. The smallest absolute Gasteiger partial charge is 0.339 e. The van der Waals surface area contributed by atoms with Crippen molar-refractivity contribution in [1.82, 2.24) is 4.90 Å². The predicted octanol–water partition coefficient (Wildman–Crippen LogP) is 3.06. The predicted molar refractivity (Wildman–Crippen MR) is 109 cm³/mol. The summed E-state index contributed by atoms with van der Waals surface area (Å²) in [5.41, 5.74) is 1.57. The number of esters is 1. The molecular weight excluding hydrogens is 374 g/mol. The summed E-state index contributed by atoms with van der Waals surface area (Å²) in [6, 6.07) is 17.0. The fourth-order valence-electron chi connectivity index (χ4n) is 3.52. The molecule has 0 aliphatic carbocycles. The van der Waals surface area contributed by atoms with Crippen LogP contribution in [0.4, 0.5) is 0 Å². The van der Waals surface area contributed by atoms with Crippen LogP contribution in [0.5, 0.6) is 0 Å². The van der Waals surface area contributed by atoms with Gasteiger partial charge in [-0.2, -0.15) is 0 Å². The van der Waals surface area contributed by atoms with E-state index in [0.717, 1.165) is 19.3 Å². The molecule has 1 amide bonds. The van der Waals surface area contributed by atoms with E-state index in [-0.39, 0.29) is 18.1 Å². The van der Waals surface area contributed by atoms with E-state index in [1.54, 1.807) is 29.2 Å². The molecule has 1 aliphatic rings. The first-order valence-corrected chi connectivity index (χ1v) is 11.0. The van der Waals surface area contributed by atoms with Crippen LogP contribution in [0.2, 0.25) is 0 Å². The first-order valence-electron chi connectivity index (χ1n) is 9.46. The molecule has 0 saturated carbocycles. The second-order valence-corrected chi connectivity index (χ2v) is 8.39. The van der Waals surface area contributed by atoms with Crippen molar-refractivity contribution in [2.75, 3.05) is 26.0 Å². The number of carbonyl (C=O) groups excluding carboxylic acids is 2. The van der Waals surface area contributed by atoms with Crippen LogP contribution in [0, 0.1) is 5.92 Å². The molecule has 1 saturated heterocycles. The third-order valence-electron chi connectivity index (χ3n) is 5.08. The third kappa shape index (κ3) is 5.29. The summed E-state index contributed by atoms with van der Waals surface area (Å²) in [5, 5.41) is 0. The van der Waals surface area contributed by atoms with Crippen molar-refractivity contribution < 1.29 is 18.5 Å². The summed E-state index contributed by atoms with van der Waals surface area (Å²) in [4.78, 5) is 26.9. The lowest BCUT2D eigenvalue weighted by molar-refractivity contribution is -0.135. The molecule has 1 atom stereocenters. The number of benzene rings is 2. The van der Waals surface area contributed by atoms with Gasteiger partial charge in [0.05, 0.1) is 21.3 Å². The zero-order valence-corrected chi connectivity index (χ0v) is 16.8. The van der Waals surface area contributed by atoms with Crippen molar-refractivity contribution in [3.05, 3.63) is 65.7 Å². The highest BCUT2D eigenvalue weighted by Gasteiger charge is 2.24. The van der Waals surface area contributed by atoms with Gasteiger partial charge in [0, 0.05) is 19.3 Å². The summed E-state index contributed by atoms with van der Waals surface area (Å²) < 4.78 is 16.9. The van der Waals surface area contributed by atoms with Crippen molar-refractivity contribution in [2.45, 2.75) is 24.2 Å². The Labute approximate surface area is 168 Å². The molecule has 0 aromatic heterocycles. The summed E-state index contributed by atoms with van der Waals surface area (Å²) in [7, 11) is -1.30. The molecule has 148 valence electrons. The van der Waals surface area contributed by atoms with Crippen LogP contribution in [0.15, 0.2) is 59.5 Å². The molecule has 3 rings (SSSR count). The van der Waals surface area contributed by atoms with Crippen LogP contribution in [0.3, 0.4) is 0 Å². The molecule has 2 aromatic carbocycles. The average Bonchev–Trinajstić information content (AvgIpc) is 2.73. The molecule has 0 radical (unpaired) electrons. The molecule has 6 heteroatoms. The van der Waals surface area contributed by atoms with Gasteiger partial charge in [-0.25, -0.2) is 4.79 Å². The summed E-state index contributed by atoms with van der Waals surface area (Å²) >= 11 is 0. The second kappa shape index (κ2) is 9.64. The lowest BCUT2D eigenvalue weighted by Gasteiger charge is -2.32. The Bertz CT molecular complexity index is 845. The molecule has 0 unspecified atom stereocenters. The first-order chi connectivity index (χ1) is 13.5. The number of amides is 1. The average molecular weight is 400 g/mol. The van der Waals surface area contributed by atoms with E-state index in [0.29, 0.717) is 23.9 Å². The number of likely N-dealkylation sites (tertiary alicyclic amines) is 1. The summed E-state index contributed by atoms with van der Waals surface area (Å²) in [6.45, 7) is 1.08. The zero-order chi connectivity index (χ0) is 19.9. The largest absolute Gasteiger partial charge is 0.452 e. The molecule has 0 N–H and O–H groups in total. The van der Waals surface area contributed by atoms with Crippen LogP contribution in [-0.2, 0) is 26.8 Å².